The summed E-state index contributed by atoms with van der Waals surface area (Å²) in [6, 6.07) is 13.5. The monoisotopic (exact) mass is 367 g/mol. The van der Waals surface area contributed by atoms with Crippen molar-refractivity contribution >= 4 is 23.2 Å². The highest BCUT2D eigenvalue weighted by atomic mass is 16.5. The Kier molecular flexibility index (Phi) is 5.64. The van der Waals surface area contributed by atoms with E-state index in [9.17, 15) is 9.59 Å². The maximum Gasteiger partial charge on any atom is 0.313 e. The molecule has 2 aromatic rings. The number of nitrogens with zero attached hydrogens (tertiary/aromatic N) is 2. The molecule has 142 valence electrons. The van der Waals surface area contributed by atoms with Crippen molar-refractivity contribution in [2.24, 2.45) is 0 Å². The zero-order valence-corrected chi connectivity index (χ0v) is 16.0. The van der Waals surface area contributed by atoms with E-state index in [1.165, 1.54) is 0 Å². The van der Waals surface area contributed by atoms with Gasteiger partial charge in [0.15, 0.2) is 0 Å². The van der Waals surface area contributed by atoms with Crippen LogP contribution in [0.4, 0.5) is 11.4 Å². The van der Waals surface area contributed by atoms with Crippen LogP contribution in [0.25, 0.3) is 0 Å². The molecule has 0 radical (unpaired) electrons. The van der Waals surface area contributed by atoms with Crippen LogP contribution >= 0.6 is 0 Å². The number of hydrogen-bond donors (Lipinski definition) is 1. The molecule has 1 aliphatic heterocycles. The number of piperazine rings is 1. The molecule has 2 amide bonds. The first-order valence-electron chi connectivity index (χ1n) is 9.04. The van der Waals surface area contributed by atoms with Gasteiger partial charge in [-0.25, -0.2) is 0 Å². The third-order valence-electron chi connectivity index (χ3n) is 4.96. The van der Waals surface area contributed by atoms with E-state index >= 15 is 0 Å². The number of hydrogen-bond acceptors (Lipinski definition) is 4. The predicted molar refractivity (Wildman–Crippen MR) is 106 cm³/mol. The first-order chi connectivity index (χ1) is 13.0. The summed E-state index contributed by atoms with van der Waals surface area (Å²) in [5.74, 6) is -0.255. The zero-order valence-electron chi connectivity index (χ0n) is 16.0. The molecule has 6 nitrogen and oxygen atoms in total. The molecule has 0 spiro atoms. The van der Waals surface area contributed by atoms with E-state index in [0.717, 1.165) is 22.6 Å². The average Bonchev–Trinajstić information content (AvgIpc) is 2.70. The summed E-state index contributed by atoms with van der Waals surface area (Å²) >= 11 is 0. The molecule has 6 heteroatoms. The molecule has 1 aliphatic rings. The Morgan fingerprint density at radius 3 is 2.19 bits per heavy atom. The highest BCUT2D eigenvalue weighted by Crippen LogP contribution is 2.20. The molecule has 27 heavy (non-hydrogen) atoms. The van der Waals surface area contributed by atoms with Gasteiger partial charge in [0.25, 0.3) is 0 Å². The molecule has 0 aromatic heterocycles. The Hall–Kier alpha value is -3.02. The Morgan fingerprint density at radius 1 is 0.926 bits per heavy atom. The Bertz CT molecular complexity index is 825. The van der Waals surface area contributed by atoms with E-state index in [0.29, 0.717) is 31.9 Å². The number of anilines is 2. The van der Waals surface area contributed by atoms with Crippen LogP contribution in [-0.2, 0) is 9.59 Å². The first-order valence-corrected chi connectivity index (χ1v) is 9.04. The van der Waals surface area contributed by atoms with Gasteiger partial charge in [-0.2, -0.15) is 0 Å². The second-order valence-electron chi connectivity index (χ2n) is 6.73. The third-order valence-corrected chi connectivity index (χ3v) is 4.96. The van der Waals surface area contributed by atoms with Crippen molar-refractivity contribution in [1.82, 2.24) is 4.90 Å². The van der Waals surface area contributed by atoms with E-state index in [2.05, 4.69) is 10.2 Å². The fraction of sp³-hybridized carbons (Fsp3) is 0.333. The molecule has 1 saturated heterocycles. The predicted octanol–water partition coefficient (Wildman–Crippen LogP) is 2.60. The van der Waals surface area contributed by atoms with Gasteiger partial charge in [0.2, 0.25) is 0 Å². The lowest BCUT2D eigenvalue weighted by Gasteiger charge is -2.35. The summed E-state index contributed by atoms with van der Waals surface area (Å²) < 4.78 is 5.18. The van der Waals surface area contributed by atoms with Gasteiger partial charge in [-0.15, -0.1) is 0 Å². The molecule has 1 fully saturated rings. The standard InChI is InChI=1S/C21H25N3O3/c1-15-4-5-17(14-16(15)2)22-20(25)21(26)24-12-10-23(11-13-24)18-6-8-19(27-3)9-7-18/h4-9,14H,10-13H2,1-3H3,(H,22,25). The van der Waals surface area contributed by atoms with Crippen LogP contribution in [0.15, 0.2) is 42.5 Å². The second kappa shape index (κ2) is 8.12. The van der Waals surface area contributed by atoms with Crippen LogP contribution in [0, 0.1) is 13.8 Å². The summed E-state index contributed by atoms with van der Waals surface area (Å²) in [7, 11) is 1.64. The van der Waals surface area contributed by atoms with Crippen LogP contribution in [0.1, 0.15) is 11.1 Å². The van der Waals surface area contributed by atoms with Gasteiger partial charge in [-0.05, 0) is 61.4 Å². The van der Waals surface area contributed by atoms with Gasteiger partial charge >= 0.3 is 11.8 Å². The van der Waals surface area contributed by atoms with Crippen LogP contribution in [0.2, 0.25) is 0 Å². The van der Waals surface area contributed by atoms with Gasteiger partial charge in [0, 0.05) is 37.6 Å². The SMILES string of the molecule is COc1ccc(N2CCN(C(=O)C(=O)Nc3ccc(C)c(C)c3)CC2)cc1. The molecule has 0 unspecified atom stereocenters. The minimum absolute atomic E-state index is 0.484. The summed E-state index contributed by atoms with van der Waals surface area (Å²) in [5, 5.41) is 2.70. The molecule has 0 atom stereocenters. The minimum atomic E-state index is -0.587. The van der Waals surface area contributed by atoms with Crippen LogP contribution < -0.4 is 15.0 Å². The van der Waals surface area contributed by atoms with Crippen molar-refractivity contribution in [3.8, 4) is 5.75 Å². The highest BCUT2D eigenvalue weighted by Gasteiger charge is 2.26. The number of aryl methyl sites for hydroxylation is 2. The average molecular weight is 367 g/mol. The maximum absolute atomic E-state index is 12.5. The normalized spacial score (nSPS) is 14.0. The minimum Gasteiger partial charge on any atom is -0.497 e. The van der Waals surface area contributed by atoms with Crippen molar-refractivity contribution in [2.45, 2.75) is 13.8 Å². The van der Waals surface area contributed by atoms with Crippen LogP contribution in [0.5, 0.6) is 5.75 Å². The number of amides is 2. The lowest BCUT2D eigenvalue weighted by Crippen LogP contribution is -2.51. The summed E-state index contributed by atoms with van der Waals surface area (Å²) in [5.41, 5.74) is 3.96. The number of carbonyl (C=O) groups is 2. The molecule has 0 aliphatic carbocycles. The van der Waals surface area contributed by atoms with Crippen molar-refractivity contribution in [3.05, 3.63) is 53.6 Å². The largest absolute Gasteiger partial charge is 0.497 e. The van der Waals surface area contributed by atoms with Gasteiger partial charge < -0.3 is 19.9 Å². The topological polar surface area (TPSA) is 61.9 Å². The molecular formula is C21H25N3O3. The third kappa shape index (κ3) is 4.39. The van der Waals surface area contributed by atoms with E-state index < -0.39 is 11.8 Å². The molecule has 1 N–H and O–H groups in total. The van der Waals surface area contributed by atoms with Gasteiger partial charge in [-0.3, -0.25) is 9.59 Å². The number of rotatable bonds is 3. The first kappa shape index (κ1) is 18.8. The maximum atomic E-state index is 12.5. The van der Waals surface area contributed by atoms with E-state index in [1.54, 1.807) is 12.0 Å². The molecule has 0 bridgehead atoms. The lowest BCUT2D eigenvalue weighted by atomic mass is 10.1. The fourth-order valence-corrected chi connectivity index (χ4v) is 3.11. The summed E-state index contributed by atoms with van der Waals surface area (Å²) in [6.07, 6.45) is 0. The molecule has 3 rings (SSSR count). The molecule has 2 aromatic carbocycles. The molecule has 0 saturated carbocycles. The summed E-state index contributed by atoms with van der Waals surface area (Å²) in [6.45, 7) is 6.40. The number of methoxy groups -OCH3 is 1. The van der Waals surface area contributed by atoms with E-state index in [1.807, 2.05) is 56.3 Å². The van der Waals surface area contributed by atoms with E-state index in [4.69, 9.17) is 4.74 Å². The highest BCUT2D eigenvalue weighted by molar-refractivity contribution is 6.39. The van der Waals surface area contributed by atoms with Crippen molar-refractivity contribution in [2.75, 3.05) is 43.5 Å². The Balaban J connectivity index is 1.55. The zero-order chi connectivity index (χ0) is 19.4. The van der Waals surface area contributed by atoms with Gasteiger partial charge in [0.1, 0.15) is 5.75 Å². The number of nitrogens with one attached hydrogen (secondary N) is 1. The number of benzene rings is 2. The number of carbonyl (C=O) groups excluding carboxylic acids is 2. The van der Waals surface area contributed by atoms with E-state index in [-0.39, 0.29) is 0 Å². The second-order valence-corrected chi connectivity index (χ2v) is 6.73. The number of ether oxygens (including phenoxy) is 1. The lowest BCUT2D eigenvalue weighted by molar-refractivity contribution is -0.143. The molecular weight excluding hydrogens is 342 g/mol. The van der Waals surface area contributed by atoms with Crippen molar-refractivity contribution < 1.29 is 14.3 Å². The van der Waals surface area contributed by atoms with Crippen LogP contribution in [-0.4, -0.2) is 50.0 Å². The smallest absolute Gasteiger partial charge is 0.313 e. The molecule has 1 heterocycles. The fourth-order valence-electron chi connectivity index (χ4n) is 3.11. The van der Waals surface area contributed by atoms with Crippen LogP contribution in [0.3, 0.4) is 0 Å². The van der Waals surface area contributed by atoms with Gasteiger partial charge in [0.05, 0.1) is 7.11 Å². The van der Waals surface area contributed by atoms with Crippen molar-refractivity contribution in [1.29, 1.82) is 0 Å². The quantitative estimate of drug-likeness (QED) is 0.847. The van der Waals surface area contributed by atoms with Gasteiger partial charge in [-0.1, -0.05) is 6.07 Å². The van der Waals surface area contributed by atoms with Crippen molar-refractivity contribution in [3.63, 3.8) is 0 Å². The Morgan fingerprint density at radius 2 is 1.59 bits per heavy atom. The Labute approximate surface area is 159 Å². The summed E-state index contributed by atoms with van der Waals surface area (Å²) in [4.78, 5) is 28.6.